The van der Waals surface area contributed by atoms with E-state index in [1.54, 1.807) is 36.3 Å². The number of fused-ring (bicyclic) bond motifs is 1. The zero-order valence-corrected chi connectivity index (χ0v) is 20.5. The van der Waals surface area contributed by atoms with Gasteiger partial charge >= 0.3 is 5.97 Å². The molecular formula is C23H28N2O6S2. The minimum Gasteiger partial charge on any atom is -0.497 e. The van der Waals surface area contributed by atoms with Gasteiger partial charge in [-0.3, -0.25) is 4.79 Å². The first-order valence-corrected chi connectivity index (χ1v) is 13.3. The third-order valence-electron chi connectivity index (χ3n) is 6.16. The largest absolute Gasteiger partial charge is 0.497 e. The molecule has 1 saturated heterocycles. The second-order valence-corrected chi connectivity index (χ2v) is 11.4. The molecule has 2 aliphatic heterocycles. The van der Waals surface area contributed by atoms with Crippen molar-refractivity contribution < 1.29 is 27.5 Å². The van der Waals surface area contributed by atoms with E-state index in [0.29, 0.717) is 47.8 Å². The number of hydrogen-bond acceptors (Lipinski definition) is 7. The van der Waals surface area contributed by atoms with Crippen molar-refractivity contribution in [1.29, 1.82) is 0 Å². The van der Waals surface area contributed by atoms with Crippen molar-refractivity contribution in [3.05, 3.63) is 45.8 Å². The van der Waals surface area contributed by atoms with E-state index < -0.39 is 16.0 Å². The molecule has 0 N–H and O–H groups in total. The van der Waals surface area contributed by atoms with Gasteiger partial charge in [0.2, 0.25) is 0 Å². The molecule has 8 nitrogen and oxygen atoms in total. The molecule has 1 aromatic heterocycles. The third-order valence-corrected chi connectivity index (χ3v) is 9.77. The summed E-state index contributed by atoms with van der Waals surface area (Å²) in [6.07, 6.45) is 4.00. The summed E-state index contributed by atoms with van der Waals surface area (Å²) in [6, 6.07) is 6.94. The normalized spacial score (nSPS) is 17.2. The van der Waals surface area contributed by atoms with E-state index in [-0.39, 0.29) is 22.2 Å². The van der Waals surface area contributed by atoms with E-state index in [4.69, 9.17) is 9.47 Å². The monoisotopic (exact) mass is 492 g/mol. The number of hydrogen-bond donors (Lipinski definition) is 0. The highest BCUT2D eigenvalue weighted by molar-refractivity contribution is 7.91. The fraction of sp³-hybridized carbons (Fsp3) is 0.478. The Hall–Kier alpha value is -2.43. The van der Waals surface area contributed by atoms with E-state index in [2.05, 4.69) is 0 Å². The van der Waals surface area contributed by atoms with Gasteiger partial charge in [-0.05, 0) is 43.0 Å². The summed E-state index contributed by atoms with van der Waals surface area (Å²) in [5, 5.41) is 0. The quantitative estimate of drug-likeness (QED) is 0.595. The van der Waals surface area contributed by atoms with E-state index in [0.717, 1.165) is 37.0 Å². The summed E-state index contributed by atoms with van der Waals surface area (Å²) in [5.41, 5.74) is 1.31. The zero-order chi connectivity index (χ0) is 23.6. The summed E-state index contributed by atoms with van der Waals surface area (Å²) in [7, 11) is -1.03. The van der Waals surface area contributed by atoms with Crippen molar-refractivity contribution in [2.75, 3.05) is 33.9 Å². The third kappa shape index (κ3) is 4.64. The van der Waals surface area contributed by atoms with Crippen LogP contribution in [0.3, 0.4) is 0 Å². The van der Waals surface area contributed by atoms with Crippen molar-refractivity contribution in [3.63, 3.8) is 0 Å². The van der Waals surface area contributed by atoms with Gasteiger partial charge in [0.1, 0.15) is 9.96 Å². The van der Waals surface area contributed by atoms with Gasteiger partial charge < -0.3 is 14.4 Å². The molecule has 178 valence electrons. The van der Waals surface area contributed by atoms with Gasteiger partial charge in [0, 0.05) is 30.1 Å². The lowest BCUT2D eigenvalue weighted by atomic mass is 10.0. The number of esters is 1. The minimum absolute atomic E-state index is 0.0388. The van der Waals surface area contributed by atoms with Crippen LogP contribution in [0.4, 0.5) is 0 Å². The molecule has 0 radical (unpaired) electrons. The summed E-state index contributed by atoms with van der Waals surface area (Å²) in [4.78, 5) is 28.2. The van der Waals surface area contributed by atoms with Crippen LogP contribution in [-0.4, -0.2) is 63.4 Å². The second-order valence-electron chi connectivity index (χ2n) is 8.18. The van der Waals surface area contributed by atoms with E-state index in [1.807, 2.05) is 0 Å². The predicted octanol–water partition coefficient (Wildman–Crippen LogP) is 3.31. The van der Waals surface area contributed by atoms with Crippen molar-refractivity contribution in [2.45, 2.75) is 42.9 Å². The summed E-state index contributed by atoms with van der Waals surface area (Å²) >= 11 is 1.09. The number of amides is 1. The topological polar surface area (TPSA) is 93.2 Å². The molecule has 4 rings (SSSR count). The molecule has 3 heterocycles. The SMILES string of the molecule is COC(=O)c1c(S(=O)(=O)N2CCCCCC2)sc2c1CCN(C(=O)c1cccc(OC)c1)C2. The number of thiophene rings is 1. The summed E-state index contributed by atoms with van der Waals surface area (Å²) in [5.74, 6) is -0.216. The fourth-order valence-corrected chi connectivity index (χ4v) is 7.94. The Kier molecular flexibility index (Phi) is 7.06. The highest BCUT2D eigenvalue weighted by atomic mass is 32.2. The van der Waals surface area contributed by atoms with Crippen LogP contribution in [0, 0.1) is 0 Å². The van der Waals surface area contributed by atoms with Gasteiger partial charge in [-0.2, -0.15) is 4.31 Å². The average Bonchev–Trinajstić information content (AvgIpc) is 3.01. The zero-order valence-electron chi connectivity index (χ0n) is 18.8. The fourth-order valence-electron chi connectivity index (χ4n) is 4.38. The molecule has 10 heteroatoms. The maximum atomic E-state index is 13.5. The lowest BCUT2D eigenvalue weighted by Gasteiger charge is -2.27. The Bertz CT molecular complexity index is 1150. The first-order chi connectivity index (χ1) is 15.9. The first kappa shape index (κ1) is 23.7. The molecule has 0 saturated carbocycles. The number of rotatable bonds is 5. The average molecular weight is 493 g/mol. The number of sulfonamides is 1. The summed E-state index contributed by atoms with van der Waals surface area (Å²) in [6.45, 7) is 1.53. The van der Waals surface area contributed by atoms with Gasteiger partial charge in [0.25, 0.3) is 15.9 Å². The van der Waals surface area contributed by atoms with Gasteiger partial charge in [-0.25, -0.2) is 13.2 Å². The first-order valence-electron chi connectivity index (χ1n) is 11.0. The smallest absolute Gasteiger partial charge is 0.340 e. The molecule has 0 unspecified atom stereocenters. The van der Waals surface area contributed by atoms with Gasteiger partial charge in [-0.1, -0.05) is 18.9 Å². The maximum Gasteiger partial charge on any atom is 0.340 e. The standard InChI is InChI=1S/C23H28N2O6S2/c1-30-17-9-7-8-16(14-17)21(26)24-13-10-18-19(15-24)32-23(20(18)22(27)31-2)33(28,29)25-11-5-3-4-6-12-25/h7-9,14H,3-6,10-13,15H2,1-2H3. The summed E-state index contributed by atoms with van der Waals surface area (Å²) < 4.78 is 38.8. The van der Waals surface area contributed by atoms with E-state index >= 15 is 0 Å². The lowest BCUT2D eigenvalue weighted by Crippen LogP contribution is -2.35. The number of carbonyl (C=O) groups excluding carboxylic acids is 2. The molecule has 1 amide bonds. The van der Waals surface area contributed by atoms with Crippen LogP contribution >= 0.6 is 11.3 Å². The molecule has 1 fully saturated rings. The predicted molar refractivity (Wildman–Crippen MR) is 124 cm³/mol. The van der Waals surface area contributed by atoms with Crippen LogP contribution in [0.15, 0.2) is 28.5 Å². The Morgan fingerprint density at radius 2 is 1.76 bits per heavy atom. The van der Waals surface area contributed by atoms with Crippen molar-refractivity contribution in [2.24, 2.45) is 0 Å². The molecule has 33 heavy (non-hydrogen) atoms. The number of ether oxygens (including phenoxy) is 2. The van der Waals surface area contributed by atoms with Crippen LogP contribution in [0.2, 0.25) is 0 Å². The Morgan fingerprint density at radius 3 is 2.42 bits per heavy atom. The Labute approximate surface area is 198 Å². The molecule has 0 aliphatic carbocycles. The van der Waals surface area contributed by atoms with Gasteiger partial charge in [0.05, 0.1) is 26.3 Å². The second kappa shape index (κ2) is 9.82. The number of nitrogens with zero attached hydrogens (tertiary/aromatic N) is 2. The van der Waals surface area contributed by atoms with Gasteiger partial charge in [-0.15, -0.1) is 11.3 Å². The highest BCUT2D eigenvalue weighted by Crippen LogP contribution is 2.39. The Balaban J connectivity index is 1.68. The van der Waals surface area contributed by atoms with E-state index in [1.165, 1.54) is 11.4 Å². The molecular weight excluding hydrogens is 464 g/mol. The van der Waals surface area contributed by atoms with Crippen LogP contribution in [0.5, 0.6) is 5.75 Å². The molecule has 1 aromatic carbocycles. The molecule has 2 aliphatic rings. The molecule has 0 atom stereocenters. The minimum atomic E-state index is -3.83. The van der Waals surface area contributed by atoms with Crippen LogP contribution in [-0.2, 0) is 27.7 Å². The van der Waals surface area contributed by atoms with Crippen LogP contribution in [0.1, 0.15) is 56.8 Å². The number of methoxy groups -OCH3 is 2. The number of benzene rings is 1. The van der Waals surface area contributed by atoms with E-state index in [9.17, 15) is 18.0 Å². The Morgan fingerprint density at radius 1 is 1.03 bits per heavy atom. The lowest BCUT2D eigenvalue weighted by molar-refractivity contribution is 0.0595. The highest BCUT2D eigenvalue weighted by Gasteiger charge is 2.37. The molecule has 0 spiro atoms. The van der Waals surface area contributed by atoms with Crippen molar-refractivity contribution in [3.8, 4) is 5.75 Å². The molecule has 0 bridgehead atoms. The van der Waals surface area contributed by atoms with Crippen molar-refractivity contribution in [1.82, 2.24) is 9.21 Å². The van der Waals surface area contributed by atoms with Crippen LogP contribution < -0.4 is 4.74 Å². The maximum absolute atomic E-state index is 13.5. The molecule has 2 aromatic rings. The van der Waals surface area contributed by atoms with Crippen molar-refractivity contribution >= 4 is 33.2 Å². The number of carbonyl (C=O) groups is 2. The van der Waals surface area contributed by atoms with Gasteiger partial charge in [0.15, 0.2) is 0 Å². The van der Waals surface area contributed by atoms with Crippen LogP contribution in [0.25, 0.3) is 0 Å².